The summed E-state index contributed by atoms with van der Waals surface area (Å²) in [6, 6.07) is -7.85. The SMILES string of the molecule is Cc1c(N)nc([C@H](CC(N)=O)NC[C@H](N)C(N)=O)nc1C(=O)N[C@H](C(=O)N[C@H](C)[C@@H](O)[C@H](C)C(=O)N[C@H](C(=O)NCCc1nc(-c2nc(C(=O)NCCC[S+](C)C)cs2)cs1)[C@@H](C)O)[C@@H](O[C@@H]1O[C@@H](CO)[C@@H](O)[C@H](O)[C@@H]1O[C@H]1O[C@H](CO)[C@@H](O)[C@H](OC(N)=O)[C@@H]1O)c1cnc[nH]1.[Cl-]. The minimum Gasteiger partial charge on any atom is -1.00 e. The van der Waals surface area contributed by atoms with Crippen molar-refractivity contribution in [3.63, 3.8) is 0 Å². The van der Waals surface area contributed by atoms with E-state index >= 15 is 4.79 Å². The lowest BCUT2D eigenvalue weighted by atomic mass is 9.96. The van der Waals surface area contributed by atoms with Crippen molar-refractivity contribution in [1.29, 1.82) is 0 Å². The van der Waals surface area contributed by atoms with E-state index in [2.05, 4.69) is 74.3 Å². The fourth-order valence-corrected chi connectivity index (χ4v) is 12.1. The van der Waals surface area contributed by atoms with Gasteiger partial charge in [-0.1, -0.05) is 6.92 Å². The van der Waals surface area contributed by atoms with Gasteiger partial charge < -0.3 is 142 Å². The van der Waals surface area contributed by atoms with Crippen LogP contribution in [0.5, 0.6) is 0 Å². The molecule has 2 aliphatic heterocycles. The number of ether oxygens (including phenoxy) is 5. The number of amides is 8. The number of nitrogens with zero attached hydrogens (tertiary/aromatic N) is 5. The molecule has 2 fully saturated rings. The van der Waals surface area contributed by atoms with E-state index in [1.165, 1.54) is 50.4 Å². The van der Waals surface area contributed by atoms with Crippen molar-refractivity contribution in [2.75, 3.05) is 56.8 Å². The number of nitrogens with one attached hydrogen (secondary N) is 7. The molecular weight excluding hydrogens is 1370 g/mol. The third kappa shape index (κ3) is 21.7. The number of H-pyrrole nitrogens is 1. The molecule has 42 heteroatoms. The molecule has 0 saturated carbocycles. The highest BCUT2D eigenvalue weighted by Gasteiger charge is 2.54. The molecule has 8 amide bonds. The Kier molecular flexibility index (Phi) is 31.0. The molecule has 4 aromatic rings. The van der Waals surface area contributed by atoms with Gasteiger partial charge in [-0.25, -0.2) is 29.7 Å². The molecule has 97 heavy (non-hydrogen) atoms. The first-order valence-corrected chi connectivity index (χ1v) is 33.8. The van der Waals surface area contributed by atoms with Crippen LogP contribution in [0, 0.1) is 12.8 Å². The first-order chi connectivity index (χ1) is 45.3. The second-order valence-electron chi connectivity index (χ2n) is 22.8. The number of aromatic amines is 1. The number of aliphatic hydroxyl groups is 8. The van der Waals surface area contributed by atoms with E-state index in [0.717, 1.165) is 24.7 Å². The zero-order valence-electron chi connectivity index (χ0n) is 53.3. The van der Waals surface area contributed by atoms with E-state index in [1.807, 2.05) is 0 Å². The number of primary amides is 3. The summed E-state index contributed by atoms with van der Waals surface area (Å²) >= 11 is 2.52. The summed E-state index contributed by atoms with van der Waals surface area (Å²) in [5, 5.41) is 108. The van der Waals surface area contributed by atoms with Crippen LogP contribution in [0.4, 0.5) is 10.6 Å². The maximum absolute atomic E-state index is 15.2. The Balaban J connectivity index is 0.0000170. The topological polar surface area (TPSA) is 627 Å². The van der Waals surface area contributed by atoms with Crippen molar-refractivity contribution < 1.29 is 115 Å². The molecule has 0 spiro atoms. The number of nitrogen functional groups attached to an aromatic ring is 1. The second-order valence-corrected chi connectivity index (χ2v) is 27.0. The van der Waals surface area contributed by atoms with Crippen LogP contribution in [0.2, 0.25) is 0 Å². The van der Waals surface area contributed by atoms with Gasteiger partial charge in [0.2, 0.25) is 29.5 Å². The van der Waals surface area contributed by atoms with Gasteiger partial charge in [0.25, 0.3) is 11.8 Å². The Morgan fingerprint density at radius 1 is 0.784 bits per heavy atom. The molecule has 25 N–H and O–H groups in total. The number of aromatic nitrogens is 6. The van der Waals surface area contributed by atoms with Crippen LogP contribution in [-0.2, 0) is 65.0 Å². The number of rotatable bonds is 35. The van der Waals surface area contributed by atoms with Gasteiger partial charge in [-0.2, -0.15) is 0 Å². The molecule has 4 aromatic heterocycles. The van der Waals surface area contributed by atoms with Gasteiger partial charge in [-0.05, 0) is 31.7 Å². The first-order valence-electron chi connectivity index (χ1n) is 29.8. The van der Waals surface area contributed by atoms with E-state index < -0.39 is 183 Å². The van der Waals surface area contributed by atoms with Gasteiger partial charge in [0.1, 0.15) is 100 Å². The first kappa shape index (κ1) is 80.7. The van der Waals surface area contributed by atoms with E-state index in [9.17, 15) is 74.4 Å². The van der Waals surface area contributed by atoms with Gasteiger partial charge in [-0.15, -0.1) is 22.7 Å². The summed E-state index contributed by atoms with van der Waals surface area (Å²) in [5.41, 5.74) is 28.1. The van der Waals surface area contributed by atoms with Crippen LogP contribution in [0.1, 0.15) is 88.8 Å². The average Bonchev–Trinajstić information content (AvgIpc) is 1.16. The van der Waals surface area contributed by atoms with E-state index in [-0.39, 0.29) is 77.3 Å². The van der Waals surface area contributed by atoms with E-state index in [0.29, 0.717) is 22.3 Å². The maximum Gasteiger partial charge on any atom is 0.404 e. The molecule has 0 unspecified atom stereocenters. The second kappa shape index (κ2) is 37.3. The molecule has 38 nitrogen and oxygen atoms in total. The molecule has 19 atom stereocenters. The van der Waals surface area contributed by atoms with Crippen LogP contribution >= 0.6 is 22.7 Å². The lowest BCUT2D eigenvalue weighted by molar-refractivity contribution is -0.372. The highest BCUT2D eigenvalue weighted by atomic mass is 35.5. The van der Waals surface area contributed by atoms with Crippen molar-refractivity contribution in [3.8, 4) is 10.7 Å². The number of hydrogen-bond acceptors (Lipinski definition) is 31. The third-order valence-corrected chi connectivity index (χ3v) is 18.2. The summed E-state index contributed by atoms with van der Waals surface area (Å²) < 4.78 is 28.7. The lowest BCUT2D eigenvalue weighted by Gasteiger charge is -2.47. The summed E-state index contributed by atoms with van der Waals surface area (Å²) in [7, 11) is 0.254. The molecule has 0 aromatic carbocycles. The standard InChI is InChI=1S/C55H83N17O21S3.ClH/c1-20-33(69-46(72-44(20)58)25(12-31(57)76)64-13-24(56)45(59)82)50(86)71-35(41(26-14-61-19-65-26)91-54-43(39(80)37(78)29(15-73)90-54)92-53-40(81)42(93-55(60)88)38(79)30(16-74)89-53)51(87)66-22(3)36(77)21(2)47(83)70-34(23(4)75)49(85)63-10-8-32-67-28(18-94-32)52-68-27(17-95-52)48(84)62-9-7-11-96(5)6;/h14,17-19,21-25,29-30,34-43,53-54,64,73-75,77-81H,7-13,15-16,56H2,1-6H3,(H13-,57,58,59,60,61,62,63,65,66,69,70,71,72,76,82,83,84,85,86,87,88);1H/t21-,22+,23+,24-,25-,29-,30+,34-,35-,36-,37+,38+,39-,40-,41-,42-,43-,53+,54-;/m0./s1. The molecule has 0 aliphatic carbocycles. The zero-order valence-corrected chi connectivity index (χ0v) is 56.5. The lowest BCUT2D eigenvalue weighted by Crippen LogP contribution is -3.00. The van der Waals surface area contributed by atoms with Gasteiger partial charge in [-0.3, -0.25) is 33.6 Å². The van der Waals surface area contributed by atoms with Crippen molar-refractivity contribution in [1.82, 2.24) is 61.8 Å². The number of thiazole rings is 2. The van der Waals surface area contributed by atoms with Crippen LogP contribution in [0.3, 0.4) is 0 Å². The summed E-state index contributed by atoms with van der Waals surface area (Å²) in [6.07, 6.45) is -20.0. The Morgan fingerprint density at radius 3 is 2.08 bits per heavy atom. The number of halogens is 1. The fourth-order valence-electron chi connectivity index (χ4n) is 9.80. The van der Waals surface area contributed by atoms with Crippen LogP contribution in [-0.4, -0.2) is 267 Å². The predicted octanol–water partition coefficient (Wildman–Crippen LogP) is -10.7. The Labute approximate surface area is 571 Å². The zero-order chi connectivity index (χ0) is 71.0. The summed E-state index contributed by atoms with van der Waals surface area (Å²) in [5.74, 6) is -7.69. The smallest absolute Gasteiger partial charge is 0.404 e. The minimum atomic E-state index is -2.20. The number of imidazole rings is 1. The van der Waals surface area contributed by atoms with Crippen molar-refractivity contribution >= 4 is 86.8 Å². The van der Waals surface area contributed by atoms with Crippen LogP contribution in [0.25, 0.3) is 10.7 Å². The predicted molar refractivity (Wildman–Crippen MR) is 339 cm³/mol. The number of nitrogens with two attached hydrogens (primary N) is 5. The highest BCUT2D eigenvalue weighted by Crippen LogP contribution is 2.35. The highest BCUT2D eigenvalue weighted by molar-refractivity contribution is 7.95. The van der Waals surface area contributed by atoms with E-state index in [4.69, 9.17) is 52.4 Å². The largest absolute Gasteiger partial charge is 1.00 e. The van der Waals surface area contributed by atoms with Crippen molar-refractivity contribution in [3.05, 3.63) is 56.8 Å². The van der Waals surface area contributed by atoms with E-state index in [1.54, 1.807) is 10.8 Å². The molecule has 2 aliphatic rings. The molecule has 0 bridgehead atoms. The monoisotopic (exact) mass is 1450 g/mol. The Morgan fingerprint density at radius 2 is 1.46 bits per heavy atom. The van der Waals surface area contributed by atoms with Crippen molar-refractivity contribution in [2.45, 2.75) is 157 Å². The van der Waals surface area contributed by atoms with Crippen LogP contribution < -0.4 is 73.0 Å². The van der Waals surface area contributed by atoms with Gasteiger partial charge in [0.15, 0.2) is 18.7 Å². The molecule has 540 valence electrons. The molecule has 0 radical (unpaired) electrons. The number of carbonyl (C=O) groups excluding carboxylic acids is 8. The van der Waals surface area contributed by atoms with Gasteiger partial charge in [0.05, 0.1) is 85.2 Å². The molecular formula is C55H84ClN17O21S3. The van der Waals surface area contributed by atoms with Crippen LogP contribution in [0.15, 0.2) is 23.3 Å². The Hall–Kier alpha value is -7.01. The number of aliphatic hydroxyl groups excluding tert-OH is 8. The number of carbonyl (C=O) groups is 8. The molecule has 6 rings (SSSR count). The average molecular weight is 1450 g/mol. The van der Waals surface area contributed by atoms with Gasteiger partial charge >= 0.3 is 6.09 Å². The number of hydrogen-bond donors (Lipinski definition) is 20. The maximum atomic E-state index is 15.2. The fraction of sp³-hybridized carbons (Fsp3) is 0.618. The molecule has 2 saturated heterocycles. The third-order valence-electron chi connectivity index (χ3n) is 15.3. The minimum absolute atomic E-state index is 0. The summed E-state index contributed by atoms with van der Waals surface area (Å²) in [6.45, 7) is 3.18. The Bertz CT molecular complexity index is 3290. The van der Waals surface area contributed by atoms with Crippen molar-refractivity contribution in [2.24, 2.45) is 28.9 Å². The molecule has 6 heterocycles. The number of anilines is 1. The normalized spacial score (nSPS) is 23.8. The van der Waals surface area contributed by atoms with Gasteiger partial charge in [0, 0.05) is 55.2 Å². The summed E-state index contributed by atoms with van der Waals surface area (Å²) in [4.78, 5) is 131. The quantitative estimate of drug-likeness (QED) is 0.0150.